The molecule has 1 aromatic carbocycles. The Kier molecular flexibility index (Phi) is 3.50. The number of phenols is 1. The van der Waals surface area contributed by atoms with Gasteiger partial charge in [0.25, 0.3) is 0 Å². The zero-order valence-corrected chi connectivity index (χ0v) is 8.89. The first-order valence-electron chi connectivity index (χ1n) is 4.21. The quantitative estimate of drug-likeness (QED) is 0.646. The fraction of sp³-hybridized carbons (Fsp3) is 0.455. The zero-order chi connectivity index (χ0) is 9.35. The molecule has 2 heteroatoms. The van der Waals surface area contributed by atoms with Crippen LogP contribution in [-0.2, 0) is 5.41 Å². The molecule has 74 valence electrons. The number of phenolic OH excluding ortho intramolecular Hbond substituents is 1. The molecule has 0 amide bonds. The van der Waals surface area contributed by atoms with Gasteiger partial charge in [-0.25, -0.2) is 0 Å². The average Bonchev–Trinajstić information content (AvgIpc) is 1.83. The Morgan fingerprint density at radius 2 is 1.69 bits per heavy atom. The van der Waals surface area contributed by atoms with Crippen LogP contribution in [0.5, 0.6) is 5.75 Å². The van der Waals surface area contributed by atoms with Crippen molar-refractivity contribution in [2.75, 3.05) is 0 Å². The first kappa shape index (κ1) is 12.0. The Labute approximate surface area is 80.2 Å². The molecule has 0 atom stereocenters. The molecule has 0 fully saturated rings. The molecular weight excluding hydrogens is 162 g/mol. The fourth-order valence-corrected chi connectivity index (χ4v) is 1.28. The summed E-state index contributed by atoms with van der Waals surface area (Å²) in [5.74, 6) is 0.405. The van der Waals surface area contributed by atoms with Gasteiger partial charge in [0.1, 0.15) is 5.75 Å². The lowest BCUT2D eigenvalue weighted by Gasteiger charge is -2.20. The summed E-state index contributed by atoms with van der Waals surface area (Å²) >= 11 is 0. The van der Waals surface area contributed by atoms with E-state index in [-0.39, 0.29) is 11.6 Å². The molecule has 0 saturated carbocycles. The van der Waals surface area contributed by atoms with Crippen LogP contribution in [0.3, 0.4) is 0 Å². The molecule has 0 spiro atoms. The summed E-state index contributed by atoms with van der Waals surface area (Å²) in [4.78, 5) is 0. The van der Waals surface area contributed by atoms with E-state index in [9.17, 15) is 5.11 Å². The molecule has 0 aliphatic carbocycles. The van der Waals surface area contributed by atoms with Crippen molar-refractivity contribution in [3.63, 3.8) is 0 Å². The highest BCUT2D eigenvalue weighted by Crippen LogP contribution is 2.30. The maximum Gasteiger partial charge on any atom is 0.119 e. The van der Waals surface area contributed by atoms with E-state index in [0.29, 0.717) is 5.75 Å². The van der Waals surface area contributed by atoms with Gasteiger partial charge in [0, 0.05) is 0 Å². The zero-order valence-electron chi connectivity index (χ0n) is 8.89. The van der Waals surface area contributed by atoms with Gasteiger partial charge >= 0.3 is 0 Å². The number of benzene rings is 1. The normalized spacial score (nSPS) is 10.8. The predicted octanol–water partition coefficient (Wildman–Crippen LogP) is 3.16. The Balaban J connectivity index is 0.00000144. The van der Waals surface area contributed by atoms with Gasteiger partial charge in [-0.1, -0.05) is 32.9 Å². The Bertz CT molecular complexity index is 287. The van der Waals surface area contributed by atoms with Gasteiger partial charge in [-0.05, 0) is 29.5 Å². The van der Waals surface area contributed by atoms with E-state index in [4.69, 9.17) is 0 Å². The second kappa shape index (κ2) is 3.79. The molecule has 0 bridgehead atoms. The van der Waals surface area contributed by atoms with Crippen LogP contribution in [0.15, 0.2) is 18.2 Å². The summed E-state index contributed by atoms with van der Waals surface area (Å²) in [6.45, 7) is 8.26. The minimum absolute atomic E-state index is 0. The van der Waals surface area contributed by atoms with Crippen molar-refractivity contribution in [2.24, 2.45) is 0 Å². The van der Waals surface area contributed by atoms with Crippen molar-refractivity contribution in [3.8, 4) is 5.75 Å². The molecule has 13 heavy (non-hydrogen) atoms. The smallest absolute Gasteiger partial charge is 0.119 e. The standard InChI is InChI=1S/C11H16O.H3N/c1-8-5-6-9(10(12)7-8)11(2,3)4;/h5-7,12H,1-4H3;1H3. The number of rotatable bonds is 0. The molecule has 0 aliphatic rings. The molecule has 0 aliphatic heterocycles. The molecular formula is C11H19NO. The molecule has 4 N–H and O–H groups in total. The number of aromatic hydroxyl groups is 1. The van der Waals surface area contributed by atoms with Gasteiger partial charge in [-0.15, -0.1) is 0 Å². The van der Waals surface area contributed by atoms with Crippen LogP contribution in [0, 0.1) is 6.92 Å². The number of hydrogen-bond acceptors (Lipinski definition) is 2. The molecule has 0 heterocycles. The van der Waals surface area contributed by atoms with Crippen LogP contribution in [-0.4, -0.2) is 5.11 Å². The number of hydrogen-bond donors (Lipinski definition) is 2. The third-order valence-corrected chi connectivity index (χ3v) is 1.96. The van der Waals surface area contributed by atoms with Gasteiger partial charge in [-0.3, -0.25) is 0 Å². The second-order valence-corrected chi connectivity index (χ2v) is 4.27. The second-order valence-electron chi connectivity index (χ2n) is 4.27. The van der Waals surface area contributed by atoms with Crippen molar-refractivity contribution in [1.82, 2.24) is 6.15 Å². The summed E-state index contributed by atoms with van der Waals surface area (Å²) in [6.07, 6.45) is 0. The SMILES string of the molecule is Cc1ccc(C(C)(C)C)c(O)c1.N. The third kappa shape index (κ3) is 2.74. The lowest BCUT2D eigenvalue weighted by Crippen LogP contribution is -2.11. The highest BCUT2D eigenvalue weighted by molar-refractivity contribution is 5.39. The molecule has 0 saturated heterocycles. The maximum absolute atomic E-state index is 9.63. The summed E-state index contributed by atoms with van der Waals surface area (Å²) in [5.41, 5.74) is 2.13. The molecule has 0 unspecified atom stereocenters. The van der Waals surface area contributed by atoms with Gasteiger partial charge < -0.3 is 11.3 Å². The summed E-state index contributed by atoms with van der Waals surface area (Å²) in [7, 11) is 0. The predicted molar refractivity (Wildman–Crippen MR) is 56.6 cm³/mol. The Hall–Kier alpha value is -1.02. The van der Waals surface area contributed by atoms with Crippen LogP contribution in [0.4, 0.5) is 0 Å². The molecule has 0 aromatic heterocycles. The maximum atomic E-state index is 9.63. The molecule has 1 aromatic rings. The fourth-order valence-electron chi connectivity index (χ4n) is 1.28. The average molecular weight is 181 g/mol. The van der Waals surface area contributed by atoms with Crippen LogP contribution in [0.25, 0.3) is 0 Å². The van der Waals surface area contributed by atoms with Crippen LogP contribution >= 0.6 is 0 Å². The van der Waals surface area contributed by atoms with E-state index >= 15 is 0 Å². The van der Waals surface area contributed by atoms with E-state index < -0.39 is 0 Å². The first-order valence-corrected chi connectivity index (χ1v) is 4.21. The van der Waals surface area contributed by atoms with Crippen molar-refractivity contribution in [1.29, 1.82) is 0 Å². The van der Waals surface area contributed by atoms with Crippen molar-refractivity contribution < 1.29 is 5.11 Å². The van der Waals surface area contributed by atoms with E-state index in [1.807, 2.05) is 19.1 Å². The van der Waals surface area contributed by atoms with E-state index in [2.05, 4.69) is 20.8 Å². The Morgan fingerprint density at radius 1 is 1.15 bits per heavy atom. The Morgan fingerprint density at radius 3 is 2.08 bits per heavy atom. The summed E-state index contributed by atoms with van der Waals surface area (Å²) in [5, 5.41) is 9.63. The van der Waals surface area contributed by atoms with Gasteiger partial charge in [-0.2, -0.15) is 0 Å². The van der Waals surface area contributed by atoms with Crippen molar-refractivity contribution in [2.45, 2.75) is 33.1 Å². The lowest BCUT2D eigenvalue weighted by atomic mass is 9.86. The lowest BCUT2D eigenvalue weighted by molar-refractivity contribution is 0.446. The highest BCUT2D eigenvalue weighted by Gasteiger charge is 2.17. The first-order chi connectivity index (χ1) is 5.41. The van der Waals surface area contributed by atoms with E-state index in [0.717, 1.165) is 11.1 Å². The van der Waals surface area contributed by atoms with Crippen LogP contribution < -0.4 is 6.15 Å². The molecule has 1 rings (SSSR count). The van der Waals surface area contributed by atoms with Gasteiger partial charge in [0.15, 0.2) is 0 Å². The largest absolute Gasteiger partial charge is 0.508 e. The van der Waals surface area contributed by atoms with E-state index in [1.165, 1.54) is 0 Å². The summed E-state index contributed by atoms with van der Waals surface area (Å²) < 4.78 is 0. The monoisotopic (exact) mass is 181 g/mol. The highest BCUT2D eigenvalue weighted by atomic mass is 16.3. The summed E-state index contributed by atoms with van der Waals surface area (Å²) in [6, 6.07) is 5.82. The molecule has 2 nitrogen and oxygen atoms in total. The van der Waals surface area contributed by atoms with Crippen molar-refractivity contribution in [3.05, 3.63) is 29.3 Å². The van der Waals surface area contributed by atoms with Crippen LogP contribution in [0.1, 0.15) is 31.9 Å². The van der Waals surface area contributed by atoms with Crippen molar-refractivity contribution >= 4 is 0 Å². The number of aryl methyl sites for hydroxylation is 1. The van der Waals surface area contributed by atoms with E-state index in [1.54, 1.807) is 6.07 Å². The topological polar surface area (TPSA) is 55.2 Å². The van der Waals surface area contributed by atoms with Gasteiger partial charge in [0.2, 0.25) is 0 Å². The third-order valence-electron chi connectivity index (χ3n) is 1.96. The minimum Gasteiger partial charge on any atom is -0.508 e. The van der Waals surface area contributed by atoms with Crippen LogP contribution in [0.2, 0.25) is 0 Å². The minimum atomic E-state index is 0. The van der Waals surface area contributed by atoms with Gasteiger partial charge in [0.05, 0.1) is 0 Å². The molecule has 0 radical (unpaired) electrons.